The summed E-state index contributed by atoms with van der Waals surface area (Å²) in [5, 5.41) is 2.97. The van der Waals surface area contributed by atoms with Crippen LogP contribution in [0.4, 0.5) is 11.4 Å². The van der Waals surface area contributed by atoms with Crippen molar-refractivity contribution < 1.29 is 17.6 Å². The molecule has 0 aliphatic carbocycles. The standard InChI is InChI=1S/C21H21ClN2O4S/c1-15-5-7-16(8-6-15)24(13-17-4-3-11-28-17)14-21(25)23-20-12-18(29(2,26)27)9-10-19(20)22/h3-12H,13-14H2,1-2H3,(H,23,25). The van der Waals surface area contributed by atoms with Gasteiger partial charge in [0.2, 0.25) is 5.91 Å². The van der Waals surface area contributed by atoms with Crippen LogP contribution in [0.25, 0.3) is 0 Å². The number of carbonyl (C=O) groups excluding carboxylic acids is 1. The largest absolute Gasteiger partial charge is 0.467 e. The summed E-state index contributed by atoms with van der Waals surface area (Å²) in [5.74, 6) is 0.389. The molecule has 0 saturated heterocycles. The quantitative estimate of drug-likeness (QED) is 0.602. The number of amides is 1. The Morgan fingerprint density at radius 2 is 1.86 bits per heavy atom. The molecule has 0 radical (unpaired) electrons. The summed E-state index contributed by atoms with van der Waals surface area (Å²) in [6.07, 6.45) is 2.68. The predicted octanol–water partition coefficient (Wildman–Crippen LogP) is 4.29. The molecule has 3 rings (SSSR count). The number of anilines is 2. The Balaban J connectivity index is 1.80. The molecular formula is C21H21ClN2O4S. The normalized spacial score (nSPS) is 11.3. The molecule has 0 aliphatic heterocycles. The van der Waals surface area contributed by atoms with Crippen LogP contribution in [0.3, 0.4) is 0 Å². The second-order valence-corrected chi connectivity index (χ2v) is 9.16. The molecule has 1 heterocycles. The molecule has 2 aromatic carbocycles. The van der Waals surface area contributed by atoms with E-state index in [2.05, 4.69) is 5.32 Å². The lowest BCUT2D eigenvalue weighted by Gasteiger charge is -2.23. The second-order valence-electron chi connectivity index (χ2n) is 6.73. The third-order valence-electron chi connectivity index (χ3n) is 4.30. The Morgan fingerprint density at radius 3 is 2.48 bits per heavy atom. The van der Waals surface area contributed by atoms with Crippen molar-refractivity contribution in [2.24, 2.45) is 0 Å². The van der Waals surface area contributed by atoms with E-state index >= 15 is 0 Å². The Labute approximate surface area is 175 Å². The minimum absolute atomic E-state index is 0.0309. The molecule has 0 aliphatic rings. The Bertz CT molecular complexity index is 1090. The summed E-state index contributed by atoms with van der Waals surface area (Å²) in [6.45, 7) is 2.42. The maximum absolute atomic E-state index is 12.7. The summed E-state index contributed by atoms with van der Waals surface area (Å²) in [7, 11) is -3.42. The van der Waals surface area contributed by atoms with Gasteiger partial charge in [0.15, 0.2) is 9.84 Å². The van der Waals surface area contributed by atoms with Gasteiger partial charge in [-0.3, -0.25) is 4.79 Å². The Hall–Kier alpha value is -2.77. The van der Waals surface area contributed by atoms with Crippen molar-refractivity contribution in [1.82, 2.24) is 0 Å². The smallest absolute Gasteiger partial charge is 0.243 e. The van der Waals surface area contributed by atoms with Crippen LogP contribution in [0.5, 0.6) is 0 Å². The van der Waals surface area contributed by atoms with Gasteiger partial charge in [-0.25, -0.2) is 8.42 Å². The van der Waals surface area contributed by atoms with E-state index in [0.717, 1.165) is 23.3 Å². The van der Waals surface area contributed by atoms with Crippen molar-refractivity contribution in [3.8, 4) is 0 Å². The SMILES string of the molecule is Cc1ccc(N(CC(=O)Nc2cc(S(C)(=O)=O)ccc2Cl)Cc2ccco2)cc1. The molecule has 0 fully saturated rings. The lowest BCUT2D eigenvalue weighted by molar-refractivity contribution is -0.115. The van der Waals surface area contributed by atoms with E-state index in [1.807, 2.05) is 42.2 Å². The lowest BCUT2D eigenvalue weighted by atomic mass is 10.2. The van der Waals surface area contributed by atoms with Crippen LogP contribution in [0.15, 0.2) is 70.2 Å². The molecule has 0 spiro atoms. The van der Waals surface area contributed by atoms with Crippen molar-refractivity contribution in [3.05, 3.63) is 77.2 Å². The fourth-order valence-electron chi connectivity index (χ4n) is 2.78. The third kappa shape index (κ3) is 5.62. The molecule has 1 aromatic heterocycles. The van der Waals surface area contributed by atoms with Crippen LogP contribution in [0.1, 0.15) is 11.3 Å². The first-order valence-electron chi connectivity index (χ1n) is 8.86. The molecule has 0 bridgehead atoms. The van der Waals surface area contributed by atoms with Crippen molar-refractivity contribution >= 4 is 38.7 Å². The maximum atomic E-state index is 12.7. The van der Waals surface area contributed by atoms with Crippen LogP contribution in [0, 0.1) is 6.92 Å². The van der Waals surface area contributed by atoms with E-state index in [0.29, 0.717) is 6.54 Å². The number of sulfone groups is 1. The second kappa shape index (κ2) is 8.71. The van der Waals surface area contributed by atoms with E-state index in [4.69, 9.17) is 16.0 Å². The van der Waals surface area contributed by atoms with Crippen molar-refractivity contribution in [2.75, 3.05) is 23.0 Å². The first kappa shape index (κ1) is 21.0. The zero-order valence-electron chi connectivity index (χ0n) is 16.1. The van der Waals surface area contributed by atoms with Gasteiger partial charge in [-0.2, -0.15) is 0 Å². The van der Waals surface area contributed by atoms with Crippen LogP contribution >= 0.6 is 11.6 Å². The maximum Gasteiger partial charge on any atom is 0.243 e. The molecule has 29 heavy (non-hydrogen) atoms. The Morgan fingerprint density at radius 1 is 1.14 bits per heavy atom. The molecular weight excluding hydrogens is 412 g/mol. The molecule has 1 amide bonds. The number of hydrogen-bond donors (Lipinski definition) is 1. The summed E-state index contributed by atoms with van der Waals surface area (Å²) < 4.78 is 29.0. The van der Waals surface area contributed by atoms with Crippen molar-refractivity contribution in [3.63, 3.8) is 0 Å². The van der Waals surface area contributed by atoms with Gasteiger partial charge in [0.05, 0.1) is 35.0 Å². The highest BCUT2D eigenvalue weighted by Gasteiger charge is 2.16. The van der Waals surface area contributed by atoms with E-state index in [1.54, 1.807) is 12.3 Å². The van der Waals surface area contributed by atoms with E-state index in [1.165, 1.54) is 18.2 Å². The summed E-state index contributed by atoms with van der Waals surface area (Å²) >= 11 is 6.14. The zero-order chi connectivity index (χ0) is 21.0. The summed E-state index contributed by atoms with van der Waals surface area (Å²) in [6, 6.07) is 15.6. The molecule has 3 aromatic rings. The van der Waals surface area contributed by atoms with E-state index < -0.39 is 9.84 Å². The van der Waals surface area contributed by atoms with Gasteiger partial charge in [0.1, 0.15) is 5.76 Å². The van der Waals surface area contributed by atoms with Crippen LogP contribution in [0.2, 0.25) is 5.02 Å². The van der Waals surface area contributed by atoms with Gasteiger partial charge in [-0.1, -0.05) is 29.3 Å². The fraction of sp³-hybridized carbons (Fsp3) is 0.190. The van der Waals surface area contributed by atoms with Crippen molar-refractivity contribution in [1.29, 1.82) is 0 Å². The number of rotatable bonds is 7. The van der Waals surface area contributed by atoms with Gasteiger partial charge >= 0.3 is 0 Å². The Kier molecular flexibility index (Phi) is 6.30. The molecule has 8 heteroatoms. The molecule has 0 unspecified atom stereocenters. The van der Waals surface area contributed by atoms with E-state index in [9.17, 15) is 13.2 Å². The minimum Gasteiger partial charge on any atom is -0.467 e. The van der Waals surface area contributed by atoms with Crippen LogP contribution in [-0.4, -0.2) is 27.1 Å². The highest BCUT2D eigenvalue weighted by Crippen LogP contribution is 2.26. The predicted molar refractivity (Wildman–Crippen MR) is 114 cm³/mol. The van der Waals surface area contributed by atoms with Gasteiger partial charge in [0.25, 0.3) is 0 Å². The van der Waals surface area contributed by atoms with Crippen molar-refractivity contribution in [2.45, 2.75) is 18.4 Å². The number of nitrogens with one attached hydrogen (secondary N) is 1. The number of carbonyl (C=O) groups is 1. The monoisotopic (exact) mass is 432 g/mol. The lowest BCUT2D eigenvalue weighted by Crippen LogP contribution is -2.33. The minimum atomic E-state index is -3.42. The van der Waals surface area contributed by atoms with Crippen LogP contribution < -0.4 is 10.2 Å². The summed E-state index contributed by atoms with van der Waals surface area (Å²) in [5.41, 5.74) is 2.22. The molecule has 0 atom stereocenters. The summed E-state index contributed by atoms with van der Waals surface area (Å²) in [4.78, 5) is 14.7. The number of halogens is 1. The zero-order valence-corrected chi connectivity index (χ0v) is 17.6. The van der Waals surface area contributed by atoms with Gasteiger partial charge < -0.3 is 14.6 Å². The topological polar surface area (TPSA) is 79.6 Å². The van der Waals surface area contributed by atoms with Gasteiger partial charge in [-0.15, -0.1) is 0 Å². The number of hydrogen-bond acceptors (Lipinski definition) is 5. The van der Waals surface area contributed by atoms with Crippen LogP contribution in [-0.2, 0) is 21.2 Å². The van der Waals surface area contributed by atoms with Gasteiger partial charge in [-0.05, 0) is 49.4 Å². The fourth-order valence-corrected chi connectivity index (χ4v) is 3.59. The molecule has 1 N–H and O–H groups in total. The highest BCUT2D eigenvalue weighted by molar-refractivity contribution is 7.90. The first-order chi connectivity index (χ1) is 13.7. The number of aryl methyl sites for hydroxylation is 1. The number of benzene rings is 2. The number of furan rings is 1. The van der Waals surface area contributed by atoms with Gasteiger partial charge in [0, 0.05) is 11.9 Å². The van der Waals surface area contributed by atoms with E-state index in [-0.39, 0.29) is 28.1 Å². The highest BCUT2D eigenvalue weighted by atomic mass is 35.5. The molecule has 6 nitrogen and oxygen atoms in total. The number of nitrogens with zero attached hydrogens (tertiary/aromatic N) is 1. The molecule has 0 saturated carbocycles. The molecule has 152 valence electrons. The average molecular weight is 433 g/mol. The average Bonchev–Trinajstić information content (AvgIpc) is 3.16. The first-order valence-corrected chi connectivity index (χ1v) is 11.1. The third-order valence-corrected chi connectivity index (χ3v) is 5.74.